The highest BCUT2D eigenvalue weighted by atomic mass is 32.1. The first-order valence-electron chi connectivity index (χ1n) is 8.81. The van der Waals surface area contributed by atoms with Crippen molar-refractivity contribution in [1.82, 2.24) is 9.97 Å². The van der Waals surface area contributed by atoms with Crippen molar-refractivity contribution in [3.05, 3.63) is 41.0 Å². The van der Waals surface area contributed by atoms with Gasteiger partial charge in [0.25, 0.3) is 0 Å². The van der Waals surface area contributed by atoms with Gasteiger partial charge in [-0.25, -0.2) is 9.97 Å². The molecule has 0 unspecified atom stereocenters. The topological polar surface area (TPSA) is 75.1 Å². The molecular weight excluding hydrogens is 346 g/mol. The number of thiophene rings is 1. The molecule has 26 heavy (non-hydrogen) atoms. The summed E-state index contributed by atoms with van der Waals surface area (Å²) in [5, 5.41) is 15.3. The van der Waals surface area contributed by atoms with Gasteiger partial charge in [0.15, 0.2) is 0 Å². The Hall–Kier alpha value is -2.47. The standard InChI is InChI=1S/C20H23N3O2S/c1-13-7-8-15(10-14(13)2)16-11-26-20-18(16)19(22-12-23-20)21-9-5-3-4-6-17(24)25/h7-8,10-12H,3-6,9H2,1-2H3,(H,24,25)(H,21,22,23). The lowest BCUT2D eigenvalue weighted by molar-refractivity contribution is -0.137. The van der Waals surface area contributed by atoms with Gasteiger partial charge in [-0.1, -0.05) is 24.6 Å². The van der Waals surface area contributed by atoms with Gasteiger partial charge < -0.3 is 10.4 Å². The Kier molecular flexibility index (Phi) is 5.83. The van der Waals surface area contributed by atoms with Gasteiger partial charge >= 0.3 is 5.97 Å². The molecular formula is C20H23N3O2S. The molecule has 0 amide bonds. The third-order valence-corrected chi connectivity index (χ3v) is 5.43. The molecule has 1 aromatic carbocycles. The molecule has 0 fully saturated rings. The van der Waals surface area contributed by atoms with Crippen LogP contribution in [-0.2, 0) is 4.79 Å². The van der Waals surface area contributed by atoms with Crippen LogP contribution in [0.25, 0.3) is 21.3 Å². The molecule has 0 radical (unpaired) electrons. The van der Waals surface area contributed by atoms with Crippen LogP contribution >= 0.6 is 11.3 Å². The van der Waals surface area contributed by atoms with Crippen LogP contribution in [0, 0.1) is 13.8 Å². The maximum Gasteiger partial charge on any atom is 0.303 e. The molecule has 136 valence electrons. The van der Waals surface area contributed by atoms with E-state index in [-0.39, 0.29) is 6.42 Å². The summed E-state index contributed by atoms with van der Waals surface area (Å²) in [4.78, 5) is 20.4. The number of benzene rings is 1. The van der Waals surface area contributed by atoms with Crippen molar-refractivity contribution < 1.29 is 9.90 Å². The average molecular weight is 369 g/mol. The number of aliphatic carboxylic acids is 1. The third kappa shape index (κ3) is 4.19. The predicted octanol–water partition coefficient (Wildman–Crippen LogP) is 5.03. The first-order valence-corrected chi connectivity index (χ1v) is 9.69. The largest absolute Gasteiger partial charge is 0.481 e. The lowest BCUT2D eigenvalue weighted by Crippen LogP contribution is -2.04. The molecule has 2 N–H and O–H groups in total. The van der Waals surface area contributed by atoms with Crippen LogP contribution in [0.3, 0.4) is 0 Å². The van der Waals surface area contributed by atoms with Crippen molar-refractivity contribution in [3.8, 4) is 11.1 Å². The van der Waals surface area contributed by atoms with E-state index in [1.807, 2.05) is 0 Å². The van der Waals surface area contributed by atoms with Gasteiger partial charge in [-0.2, -0.15) is 0 Å². The van der Waals surface area contributed by atoms with Gasteiger partial charge in [-0.3, -0.25) is 4.79 Å². The van der Waals surface area contributed by atoms with Gasteiger partial charge in [-0.05, 0) is 43.4 Å². The van der Waals surface area contributed by atoms with Crippen LogP contribution in [0.15, 0.2) is 29.9 Å². The molecule has 0 saturated carbocycles. The van der Waals surface area contributed by atoms with E-state index in [1.54, 1.807) is 17.7 Å². The Morgan fingerprint density at radius 3 is 2.77 bits per heavy atom. The minimum absolute atomic E-state index is 0.235. The van der Waals surface area contributed by atoms with Crippen molar-refractivity contribution in [2.24, 2.45) is 0 Å². The van der Waals surface area contributed by atoms with Crippen LogP contribution in [0.2, 0.25) is 0 Å². The molecule has 0 aliphatic carbocycles. The number of aryl methyl sites for hydroxylation is 2. The van der Waals surface area contributed by atoms with Gasteiger partial charge in [0.05, 0.1) is 5.39 Å². The Balaban J connectivity index is 1.77. The molecule has 3 rings (SSSR count). The van der Waals surface area contributed by atoms with Crippen LogP contribution in [-0.4, -0.2) is 27.6 Å². The van der Waals surface area contributed by atoms with E-state index in [4.69, 9.17) is 5.11 Å². The second-order valence-electron chi connectivity index (χ2n) is 6.48. The predicted molar refractivity (Wildman–Crippen MR) is 107 cm³/mol. The summed E-state index contributed by atoms with van der Waals surface area (Å²) in [7, 11) is 0. The molecule has 0 bridgehead atoms. The molecule has 0 spiro atoms. The van der Waals surface area contributed by atoms with Gasteiger partial charge in [0, 0.05) is 23.9 Å². The molecule has 0 aliphatic rings. The number of anilines is 1. The summed E-state index contributed by atoms with van der Waals surface area (Å²) in [6, 6.07) is 6.50. The highest BCUT2D eigenvalue weighted by Gasteiger charge is 2.13. The first kappa shape index (κ1) is 18.3. The zero-order valence-corrected chi connectivity index (χ0v) is 15.9. The van der Waals surface area contributed by atoms with E-state index < -0.39 is 5.97 Å². The number of hydrogen-bond acceptors (Lipinski definition) is 5. The molecule has 3 aromatic rings. The molecule has 6 heteroatoms. The summed E-state index contributed by atoms with van der Waals surface area (Å²) >= 11 is 1.63. The van der Waals surface area contributed by atoms with E-state index in [9.17, 15) is 4.79 Å². The van der Waals surface area contributed by atoms with Crippen molar-refractivity contribution in [1.29, 1.82) is 0 Å². The summed E-state index contributed by atoms with van der Waals surface area (Å²) in [6.07, 6.45) is 4.35. The molecule has 0 atom stereocenters. The van der Waals surface area contributed by atoms with Crippen molar-refractivity contribution in [2.45, 2.75) is 39.5 Å². The lowest BCUT2D eigenvalue weighted by Gasteiger charge is -2.09. The maximum absolute atomic E-state index is 10.6. The smallest absolute Gasteiger partial charge is 0.303 e. The molecule has 5 nitrogen and oxygen atoms in total. The van der Waals surface area contributed by atoms with Crippen LogP contribution in [0.5, 0.6) is 0 Å². The van der Waals surface area contributed by atoms with E-state index in [1.165, 1.54) is 16.7 Å². The first-order chi connectivity index (χ1) is 12.6. The van der Waals surface area contributed by atoms with Gasteiger partial charge in [0.1, 0.15) is 17.0 Å². The normalized spacial score (nSPS) is 11.0. The number of unbranched alkanes of at least 4 members (excludes halogenated alkanes) is 2. The maximum atomic E-state index is 10.6. The van der Waals surface area contributed by atoms with E-state index >= 15 is 0 Å². The number of nitrogens with zero attached hydrogens (tertiary/aromatic N) is 2. The Labute approximate surface area is 157 Å². The van der Waals surface area contributed by atoms with Gasteiger partial charge in [0.2, 0.25) is 0 Å². The second-order valence-corrected chi connectivity index (χ2v) is 7.34. The Bertz CT molecular complexity index is 921. The number of nitrogens with one attached hydrogen (secondary N) is 1. The quantitative estimate of drug-likeness (QED) is 0.545. The monoisotopic (exact) mass is 369 g/mol. The number of hydrogen-bond donors (Lipinski definition) is 2. The van der Waals surface area contributed by atoms with Crippen LogP contribution in [0.4, 0.5) is 5.82 Å². The molecule has 0 aliphatic heterocycles. The third-order valence-electron chi connectivity index (χ3n) is 4.55. The minimum Gasteiger partial charge on any atom is -0.481 e. The number of rotatable bonds is 8. The fraction of sp³-hybridized carbons (Fsp3) is 0.350. The van der Waals surface area contributed by atoms with Crippen molar-refractivity contribution in [2.75, 3.05) is 11.9 Å². The summed E-state index contributed by atoms with van der Waals surface area (Å²) in [5.74, 6) is 0.120. The summed E-state index contributed by atoms with van der Waals surface area (Å²) in [5.41, 5.74) is 4.89. The van der Waals surface area contributed by atoms with Gasteiger partial charge in [-0.15, -0.1) is 11.3 Å². The highest BCUT2D eigenvalue weighted by molar-refractivity contribution is 7.17. The summed E-state index contributed by atoms with van der Waals surface area (Å²) < 4.78 is 0. The minimum atomic E-state index is -0.730. The second kappa shape index (κ2) is 8.27. The van der Waals surface area contributed by atoms with Crippen LogP contribution in [0.1, 0.15) is 36.8 Å². The zero-order chi connectivity index (χ0) is 18.5. The SMILES string of the molecule is Cc1ccc(-c2csc3ncnc(NCCCCCC(=O)O)c23)cc1C. The number of fused-ring (bicyclic) bond motifs is 1. The molecule has 2 heterocycles. The zero-order valence-electron chi connectivity index (χ0n) is 15.1. The highest BCUT2D eigenvalue weighted by Crippen LogP contribution is 2.37. The fourth-order valence-corrected chi connectivity index (χ4v) is 3.83. The van der Waals surface area contributed by atoms with Crippen molar-refractivity contribution in [3.63, 3.8) is 0 Å². The Morgan fingerprint density at radius 2 is 2.00 bits per heavy atom. The van der Waals surface area contributed by atoms with Crippen molar-refractivity contribution >= 4 is 33.3 Å². The van der Waals surface area contributed by atoms with E-state index in [0.29, 0.717) is 6.42 Å². The fourth-order valence-electron chi connectivity index (χ4n) is 2.92. The summed E-state index contributed by atoms with van der Waals surface area (Å²) in [6.45, 7) is 5.01. The van der Waals surface area contributed by atoms with E-state index in [0.717, 1.165) is 41.0 Å². The lowest BCUT2D eigenvalue weighted by atomic mass is 10.0. The van der Waals surface area contributed by atoms with E-state index in [2.05, 4.69) is 52.7 Å². The average Bonchev–Trinajstić information content (AvgIpc) is 3.05. The number of carboxylic acids is 1. The number of aromatic nitrogens is 2. The number of carboxylic acid groups (broad SMARTS) is 1. The Morgan fingerprint density at radius 1 is 1.15 bits per heavy atom. The molecule has 2 aromatic heterocycles. The van der Waals surface area contributed by atoms with Crippen LogP contribution < -0.4 is 5.32 Å². The molecule has 0 saturated heterocycles. The number of carbonyl (C=O) groups is 1.